The minimum Gasteiger partial charge on any atom is -0.355 e. The number of aliphatic imine (C=N–C) groups is 1. The molecule has 3 rings (SSSR count). The maximum absolute atomic E-state index is 12.0. The minimum absolute atomic E-state index is 0. The van der Waals surface area contributed by atoms with Crippen LogP contribution in [0.3, 0.4) is 0 Å². The average Bonchev–Trinajstić information content (AvgIpc) is 3.49. The lowest BCUT2D eigenvalue weighted by molar-refractivity contribution is -0.127. The second-order valence-corrected chi connectivity index (χ2v) is 7.81. The first-order chi connectivity index (χ1) is 13.5. The Bertz CT molecular complexity index is 838. The largest absolute Gasteiger partial charge is 0.355 e. The first kappa shape index (κ1) is 23.5. The number of nitrogens with one attached hydrogen (secondary N) is 2. The Balaban J connectivity index is 0.00000300. The van der Waals surface area contributed by atoms with Crippen LogP contribution in [0.1, 0.15) is 24.0 Å². The number of amides is 1. The second-order valence-electron chi connectivity index (χ2n) is 7.41. The van der Waals surface area contributed by atoms with Crippen molar-refractivity contribution in [3.63, 3.8) is 0 Å². The molecule has 0 spiro atoms. The highest BCUT2D eigenvalue weighted by molar-refractivity contribution is 14.0. The van der Waals surface area contributed by atoms with Gasteiger partial charge < -0.3 is 15.5 Å². The van der Waals surface area contributed by atoms with Crippen LogP contribution < -0.4 is 10.6 Å². The zero-order valence-corrected chi connectivity index (χ0v) is 19.9. The molecule has 2 aromatic carbocycles. The van der Waals surface area contributed by atoms with E-state index in [2.05, 4.69) is 21.7 Å². The molecular weight excluding hydrogens is 499 g/mol. The van der Waals surface area contributed by atoms with E-state index in [0.717, 1.165) is 30.0 Å². The third-order valence-corrected chi connectivity index (χ3v) is 5.39. The van der Waals surface area contributed by atoms with E-state index in [4.69, 9.17) is 11.6 Å². The molecule has 0 unspecified atom stereocenters. The van der Waals surface area contributed by atoms with Crippen LogP contribution in [0, 0.1) is 0 Å². The van der Waals surface area contributed by atoms with Gasteiger partial charge in [0.1, 0.15) is 0 Å². The Labute approximate surface area is 194 Å². The van der Waals surface area contributed by atoms with Crippen molar-refractivity contribution in [2.24, 2.45) is 4.99 Å². The van der Waals surface area contributed by atoms with Crippen molar-refractivity contribution in [2.75, 3.05) is 27.2 Å². The Morgan fingerprint density at radius 2 is 1.72 bits per heavy atom. The molecule has 1 saturated carbocycles. The molecule has 29 heavy (non-hydrogen) atoms. The molecule has 7 heteroatoms. The number of nitrogens with zero attached hydrogens (tertiary/aromatic N) is 2. The summed E-state index contributed by atoms with van der Waals surface area (Å²) in [6.07, 6.45) is 2.18. The SMILES string of the molecule is CN(C)C(=O)CNC(=NCc1ccccc1)NCC1(c2ccccc2Cl)CC1.I. The van der Waals surface area contributed by atoms with Crippen molar-refractivity contribution < 1.29 is 4.79 Å². The van der Waals surface area contributed by atoms with Crippen molar-refractivity contribution >= 4 is 47.4 Å². The highest BCUT2D eigenvalue weighted by Crippen LogP contribution is 2.49. The number of hydrogen-bond acceptors (Lipinski definition) is 2. The van der Waals surface area contributed by atoms with Crippen LogP contribution in [0.15, 0.2) is 59.6 Å². The van der Waals surface area contributed by atoms with E-state index < -0.39 is 0 Å². The van der Waals surface area contributed by atoms with Gasteiger partial charge in [0.05, 0.1) is 13.1 Å². The van der Waals surface area contributed by atoms with Gasteiger partial charge in [-0.2, -0.15) is 0 Å². The molecule has 1 aliphatic carbocycles. The second kappa shape index (κ2) is 10.8. The molecule has 5 nitrogen and oxygen atoms in total. The third-order valence-electron chi connectivity index (χ3n) is 5.06. The van der Waals surface area contributed by atoms with Gasteiger partial charge in [0.15, 0.2) is 5.96 Å². The fourth-order valence-electron chi connectivity index (χ4n) is 3.08. The van der Waals surface area contributed by atoms with Gasteiger partial charge in [-0.25, -0.2) is 4.99 Å². The average molecular weight is 527 g/mol. The lowest BCUT2D eigenvalue weighted by Gasteiger charge is -2.21. The zero-order chi connectivity index (χ0) is 20.0. The molecule has 0 saturated heterocycles. The molecule has 0 bridgehead atoms. The number of rotatable bonds is 7. The van der Waals surface area contributed by atoms with E-state index in [1.54, 1.807) is 19.0 Å². The summed E-state index contributed by atoms with van der Waals surface area (Å²) in [5.74, 6) is 0.638. The first-order valence-corrected chi connectivity index (χ1v) is 9.89. The Morgan fingerprint density at radius 1 is 1.07 bits per heavy atom. The van der Waals surface area contributed by atoms with Crippen LogP contribution >= 0.6 is 35.6 Å². The molecule has 0 radical (unpaired) electrons. The van der Waals surface area contributed by atoms with Gasteiger partial charge in [-0.05, 0) is 30.0 Å². The predicted octanol–water partition coefficient (Wildman–Crippen LogP) is 3.81. The highest BCUT2D eigenvalue weighted by atomic mass is 127. The van der Waals surface area contributed by atoms with E-state index in [-0.39, 0.29) is 41.8 Å². The Hall–Kier alpha value is -1.80. The lowest BCUT2D eigenvalue weighted by Crippen LogP contribution is -2.45. The molecule has 0 aromatic heterocycles. The molecule has 156 valence electrons. The summed E-state index contributed by atoms with van der Waals surface area (Å²) in [5.41, 5.74) is 2.34. The summed E-state index contributed by atoms with van der Waals surface area (Å²) < 4.78 is 0. The Morgan fingerprint density at radius 3 is 2.34 bits per heavy atom. The summed E-state index contributed by atoms with van der Waals surface area (Å²) in [4.78, 5) is 18.2. The maximum atomic E-state index is 12.0. The minimum atomic E-state index is 0. The lowest BCUT2D eigenvalue weighted by atomic mass is 9.96. The molecule has 1 amide bonds. The van der Waals surface area contributed by atoms with Gasteiger partial charge in [0.25, 0.3) is 0 Å². The zero-order valence-electron chi connectivity index (χ0n) is 16.8. The van der Waals surface area contributed by atoms with E-state index >= 15 is 0 Å². The molecular formula is C22H28ClIN4O. The van der Waals surface area contributed by atoms with Gasteiger partial charge in [0, 0.05) is 31.1 Å². The molecule has 0 heterocycles. The van der Waals surface area contributed by atoms with E-state index in [0.29, 0.717) is 12.5 Å². The normalized spacial score (nSPS) is 14.5. The summed E-state index contributed by atoms with van der Waals surface area (Å²) in [5, 5.41) is 7.38. The smallest absolute Gasteiger partial charge is 0.241 e. The molecule has 1 fully saturated rings. The van der Waals surface area contributed by atoms with Crippen LogP contribution in [-0.2, 0) is 16.8 Å². The number of halogens is 2. The number of likely N-dealkylation sites (N-methyl/N-ethyl adjacent to an activating group) is 1. The van der Waals surface area contributed by atoms with Crippen molar-refractivity contribution in [3.8, 4) is 0 Å². The maximum Gasteiger partial charge on any atom is 0.241 e. The number of carbonyl (C=O) groups excluding carboxylic acids is 1. The number of guanidine groups is 1. The van der Waals surface area contributed by atoms with Crippen LogP contribution in [0.2, 0.25) is 5.02 Å². The van der Waals surface area contributed by atoms with Crippen LogP contribution in [0.25, 0.3) is 0 Å². The van der Waals surface area contributed by atoms with E-state index in [1.807, 2.05) is 48.5 Å². The fourth-order valence-corrected chi connectivity index (χ4v) is 3.42. The topological polar surface area (TPSA) is 56.7 Å². The van der Waals surface area contributed by atoms with Gasteiger partial charge in [-0.3, -0.25) is 4.79 Å². The summed E-state index contributed by atoms with van der Waals surface area (Å²) in [6, 6.07) is 18.1. The molecule has 0 atom stereocenters. The number of benzene rings is 2. The van der Waals surface area contributed by atoms with Gasteiger partial charge >= 0.3 is 0 Å². The van der Waals surface area contributed by atoms with E-state index in [1.165, 1.54) is 5.56 Å². The highest BCUT2D eigenvalue weighted by Gasteiger charge is 2.45. The van der Waals surface area contributed by atoms with Gasteiger partial charge in [-0.1, -0.05) is 60.1 Å². The third kappa shape index (κ3) is 6.60. The summed E-state index contributed by atoms with van der Waals surface area (Å²) in [6.45, 7) is 1.48. The molecule has 0 aliphatic heterocycles. The van der Waals surface area contributed by atoms with Gasteiger partial charge in [-0.15, -0.1) is 24.0 Å². The van der Waals surface area contributed by atoms with Crippen molar-refractivity contribution in [2.45, 2.75) is 24.8 Å². The summed E-state index contributed by atoms with van der Waals surface area (Å²) in [7, 11) is 3.49. The van der Waals surface area contributed by atoms with Crippen LogP contribution in [0.5, 0.6) is 0 Å². The van der Waals surface area contributed by atoms with Crippen molar-refractivity contribution in [1.29, 1.82) is 0 Å². The van der Waals surface area contributed by atoms with Crippen molar-refractivity contribution in [1.82, 2.24) is 15.5 Å². The first-order valence-electron chi connectivity index (χ1n) is 9.51. The standard InChI is InChI=1S/C22H27ClN4O.HI/c1-27(2)20(28)15-25-21(24-14-17-8-4-3-5-9-17)26-16-22(12-13-22)18-10-6-7-11-19(18)23;/h3-11H,12-16H2,1-2H3,(H2,24,25,26);1H. The van der Waals surface area contributed by atoms with Crippen LogP contribution in [0.4, 0.5) is 0 Å². The molecule has 2 aromatic rings. The summed E-state index contributed by atoms with van der Waals surface area (Å²) >= 11 is 6.42. The Kier molecular flexibility index (Phi) is 8.77. The fraction of sp³-hybridized carbons (Fsp3) is 0.364. The van der Waals surface area contributed by atoms with Crippen molar-refractivity contribution in [3.05, 3.63) is 70.7 Å². The van der Waals surface area contributed by atoms with Crippen LogP contribution in [-0.4, -0.2) is 44.0 Å². The van der Waals surface area contributed by atoms with Gasteiger partial charge in [0.2, 0.25) is 5.91 Å². The number of carbonyl (C=O) groups is 1. The molecule has 1 aliphatic rings. The number of hydrogen-bond donors (Lipinski definition) is 2. The quantitative estimate of drug-likeness (QED) is 0.328. The predicted molar refractivity (Wildman–Crippen MR) is 130 cm³/mol. The molecule has 2 N–H and O–H groups in total. The monoisotopic (exact) mass is 526 g/mol. The van der Waals surface area contributed by atoms with E-state index in [9.17, 15) is 4.79 Å².